The first-order valence-electron chi connectivity index (χ1n) is 11.2. The average Bonchev–Trinajstić information content (AvgIpc) is 3.04. The van der Waals surface area contributed by atoms with Crippen molar-refractivity contribution in [3.05, 3.63) is 71.8 Å². The van der Waals surface area contributed by atoms with Crippen LogP contribution in [0.5, 0.6) is 0 Å². The van der Waals surface area contributed by atoms with Crippen LogP contribution in [0.15, 0.2) is 60.0 Å². The minimum Gasteiger partial charge on any atom is -0.322 e. The molecule has 34 heavy (non-hydrogen) atoms. The summed E-state index contributed by atoms with van der Waals surface area (Å²) in [5.41, 5.74) is 1.05. The highest BCUT2D eigenvalue weighted by Crippen LogP contribution is 2.30. The third kappa shape index (κ3) is 4.17. The number of sulfonamides is 1. The molecule has 2 heterocycles. The molecule has 2 atom stereocenters. The maximum absolute atomic E-state index is 13.2. The van der Waals surface area contributed by atoms with Gasteiger partial charge in [-0.15, -0.1) is 6.58 Å². The van der Waals surface area contributed by atoms with Gasteiger partial charge in [-0.2, -0.15) is 4.31 Å². The summed E-state index contributed by atoms with van der Waals surface area (Å²) in [7, 11) is -3.65. The molecule has 0 saturated carbocycles. The molecule has 2 aromatic rings. The van der Waals surface area contributed by atoms with E-state index in [4.69, 9.17) is 0 Å². The van der Waals surface area contributed by atoms with E-state index in [-0.39, 0.29) is 40.2 Å². The van der Waals surface area contributed by atoms with Crippen LogP contribution in [-0.4, -0.2) is 54.0 Å². The van der Waals surface area contributed by atoms with Gasteiger partial charge in [-0.1, -0.05) is 12.5 Å². The number of hydrogen-bond donors (Lipinski definition) is 1. The summed E-state index contributed by atoms with van der Waals surface area (Å²) in [4.78, 5) is 38.9. The highest BCUT2D eigenvalue weighted by atomic mass is 32.2. The zero-order valence-electron chi connectivity index (χ0n) is 19.2. The van der Waals surface area contributed by atoms with Crippen molar-refractivity contribution in [3.63, 3.8) is 0 Å². The molecule has 0 aliphatic carbocycles. The molecule has 1 saturated heterocycles. The minimum atomic E-state index is -3.65. The van der Waals surface area contributed by atoms with E-state index in [1.54, 1.807) is 4.31 Å². The Morgan fingerprint density at radius 2 is 1.65 bits per heavy atom. The van der Waals surface area contributed by atoms with Crippen molar-refractivity contribution in [2.24, 2.45) is 0 Å². The molecule has 2 aromatic carbocycles. The third-order valence-corrected chi connectivity index (χ3v) is 8.49. The summed E-state index contributed by atoms with van der Waals surface area (Å²) < 4.78 is 27.9. The van der Waals surface area contributed by atoms with Crippen LogP contribution < -0.4 is 5.32 Å². The first-order valence-corrected chi connectivity index (χ1v) is 12.6. The molecular weight excluding hydrogens is 454 g/mol. The molecule has 1 N–H and O–H groups in total. The summed E-state index contributed by atoms with van der Waals surface area (Å²) in [5.74, 6) is -1.36. The predicted molar refractivity (Wildman–Crippen MR) is 128 cm³/mol. The lowest BCUT2D eigenvalue weighted by atomic mass is 10.0. The van der Waals surface area contributed by atoms with E-state index in [0.29, 0.717) is 5.69 Å². The molecular formula is C25H27N3O5S. The number of nitrogens with zero attached hydrogens (tertiary/aromatic N) is 2. The van der Waals surface area contributed by atoms with E-state index >= 15 is 0 Å². The topological polar surface area (TPSA) is 104 Å². The second kappa shape index (κ2) is 9.15. The van der Waals surface area contributed by atoms with Gasteiger partial charge in [0, 0.05) is 29.9 Å². The summed E-state index contributed by atoms with van der Waals surface area (Å²) in [6, 6.07) is 10.3. The molecule has 4 rings (SSSR count). The Morgan fingerprint density at radius 3 is 2.26 bits per heavy atom. The molecule has 3 amide bonds. The Morgan fingerprint density at radius 1 is 1.03 bits per heavy atom. The van der Waals surface area contributed by atoms with Crippen LogP contribution >= 0.6 is 0 Å². The molecule has 178 valence electrons. The summed E-state index contributed by atoms with van der Waals surface area (Å²) >= 11 is 0. The number of piperidine rings is 1. The van der Waals surface area contributed by atoms with Crippen LogP contribution in [0.1, 0.15) is 64.2 Å². The van der Waals surface area contributed by atoms with Gasteiger partial charge in [0.2, 0.25) is 10.0 Å². The fourth-order valence-electron chi connectivity index (χ4n) is 4.63. The van der Waals surface area contributed by atoms with Crippen LogP contribution in [0.25, 0.3) is 0 Å². The lowest BCUT2D eigenvalue weighted by Gasteiger charge is -2.37. The second-order valence-electron chi connectivity index (χ2n) is 8.71. The van der Waals surface area contributed by atoms with Crippen molar-refractivity contribution < 1.29 is 22.8 Å². The Bertz CT molecular complexity index is 1260. The molecule has 8 nitrogen and oxygen atoms in total. The van der Waals surface area contributed by atoms with Crippen molar-refractivity contribution in [1.82, 2.24) is 9.21 Å². The molecule has 0 aromatic heterocycles. The first kappa shape index (κ1) is 23.8. The molecule has 0 spiro atoms. The van der Waals surface area contributed by atoms with E-state index in [1.807, 2.05) is 13.8 Å². The Kier molecular flexibility index (Phi) is 6.42. The lowest BCUT2D eigenvalue weighted by molar-refractivity contribution is 0.0672. The number of amides is 3. The highest BCUT2D eigenvalue weighted by molar-refractivity contribution is 7.89. The molecule has 0 radical (unpaired) electrons. The number of nitrogens with one attached hydrogen (secondary N) is 1. The number of benzene rings is 2. The van der Waals surface area contributed by atoms with Crippen LogP contribution in [0, 0.1) is 0 Å². The van der Waals surface area contributed by atoms with E-state index in [2.05, 4.69) is 11.9 Å². The normalized spacial score (nSPS) is 20.8. The SMILES string of the molecule is C=CCN1C(=O)c2ccc(C(=O)Nc3ccc(S(=O)(=O)N4C(C)CCCC4C)cc3)cc2C1=O. The number of hydrogen-bond acceptors (Lipinski definition) is 5. The van der Waals surface area contributed by atoms with E-state index in [1.165, 1.54) is 48.5 Å². The van der Waals surface area contributed by atoms with Crippen LogP contribution in [0.3, 0.4) is 0 Å². The van der Waals surface area contributed by atoms with Crippen molar-refractivity contribution in [2.75, 3.05) is 11.9 Å². The number of carbonyl (C=O) groups is 3. The molecule has 1 fully saturated rings. The standard InChI is InChI=1S/C25H27N3O5S/c1-4-14-27-24(30)21-13-8-18(15-22(21)25(27)31)23(29)26-19-9-11-20(12-10-19)34(32,33)28-16(2)6-5-7-17(28)3/h4,8-13,15-17H,1,5-7,14H2,2-3H3,(H,26,29). The van der Waals surface area contributed by atoms with E-state index < -0.39 is 27.7 Å². The van der Waals surface area contributed by atoms with Gasteiger partial charge in [0.05, 0.1) is 16.0 Å². The average molecular weight is 482 g/mol. The van der Waals surface area contributed by atoms with Crippen molar-refractivity contribution >= 4 is 33.4 Å². The van der Waals surface area contributed by atoms with Gasteiger partial charge < -0.3 is 5.32 Å². The summed E-state index contributed by atoms with van der Waals surface area (Å²) in [6.45, 7) is 7.50. The Labute approximate surface area is 199 Å². The number of anilines is 1. The number of rotatable bonds is 6. The van der Waals surface area contributed by atoms with Crippen LogP contribution in [-0.2, 0) is 10.0 Å². The molecule has 0 bridgehead atoms. The quantitative estimate of drug-likeness (QED) is 0.501. The molecule has 2 unspecified atom stereocenters. The van der Waals surface area contributed by atoms with Crippen molar-refractivity contribution in [1.29, 1.82) is 0 Å². The molecule has 9 heteroatoms. The third-order valence-electron chi connectivity index (χ3n) is 6.34. The van der Waals surface area contributed by atoms with Gasteiger partial charge in [-0.25, -0.2) is 8.42 Å². The molecule has 2 aliphatic rings. The Balaban J connectivity index is 1.51. The van der Waals surface area contributed by atoms with E-state index in [0.717, 1.165) is 24.2 Å². The second-order valence-corrected chi connectivity index (χ2v) is 10.6. The monoisotopic (exact) mass is 481 g/mol. The predicted octanol–water partition coefficient (Wildman–Crippen LogP) is 3.67. The Hall–Kier alpha value is -3.30. The fourth-order valence-corrected chi connectivity index (χ4v) is 6.52. The maximum Gasteiger partial charge on any atom is 0.261 e. The smallest absolute Gasteiger partial charge is 0.261 e. The fraction of sp³-hybridized carbons (Fsp3) is 0.320. The summed E-state index contributed by atoms with van der Waals surface area (Å²) in [5, 5.41) is 2.71. The van der Waals surface area contributed by atoms with Crippen LogP contribution in [0.4, 0.5) is 5.69 Å². The van der Waals surface area contributed by atoms with Gasteiger partial charge in [0.25, 0.3) is 17.7 Å². The number of imide groups is 1. The van der Waals surface area contributed by atoms with E-state index in [9.17, 15) is 22.8 Å². The maximum atomic E-state index is 13.2. The van der Waals surface area contributed by atoms with Gasteiger partial charge in [-0.3, -0.25) is 19.3 Å². The van der Waals surface area contributed by atoms with Gasteiger partial charge >= 0.3 is 0 Å². The largest absolute Gasteiger partial charge is 0.322 e. The lowest BCUT2D eigenvalue weighted by Crippen LogP contribution is -2.47. The highest BCUT2D eigenvalue weighted by Gasteiger charge is 2.36. The molecule has 2 aliphatic heterocycles. The van der Waals surface area contributed by atoms with Gasteiger partial charge in [0.15, 0.2) is 0 Å². The van der Waals surface area contributed by atoms with Gasteiger partial charge in [-0.05, 0) is 69.2 Å². The zero-order chi connectivity index (χ0) is 24.6. The number of fused-ring (bicyclic) bond motifs is 1. The number of carbonyl (C=O) groups excluding carboxylic acids is 3. The van der Waals surface area contributed by atoms with Crippen molar-refractivity contribution in [2.45, 2.75) is 50.1 Å². The zero-order valence-corrected chi connectivity index (χ0v) is 20.0. The van der Waals surface area contributed by atoms with Crippen LogP contribution in [0.2, 0.25) is 0 Å². The first-order chi connectivity index (χ1) is 16.1. The van der Waals surface area contributed by atoms with Gasteiger partial charge in [0.1, 0.15) is 0 Å². The minimum absolute atomic E-state index is 0.0649. The summed E-state index contributed by atoms with van der Waals surface area (Å²) in [6.07, 6.45) is 4.13. The van der Waals surface area contributed by atoms with Crippen molar-refractivity contribution in [3.8, 4) is 0 Å².